The van der Waals surface area contributed by atoms with Crippen molar-refractivity contribution in [1.29, 1.82) is 0 Å². The van der Waals surface area contributed by atoms with Gasteiger partial charge in [0.1, 0.15) is 11.5 Å². The van der Waals surface area contributed by atoms with Crippen LogP contribution in [0.1, 0.15) is 23.2 Å². The number of ether oxygens (including phenoxy) is 2. The first-order chi connectivity index (χ1) is 9.76. The van der Waals surface area contributed by atoms with Crippen LogP contribution in [-0.4, -0.2) is 19.2 Å². The zero-order valence-electron chi connectivity index (χ0n) is 12.1. The van der Waals surface area contributed by atoms with Crippen LogP contribution in [0.15, 0.2) is 23.6 Å². The van der Waals surface area contributed by atoms with E-state index in [1.807, 2.05) is 18.2 Å². The van der Waals surface area contributed by atoms with Gasteiger partial charge in [-0.05, 0) is 12.5 Å². The van der Waals surface area contributed by atoms with Crippen LogP contribution in [0, 0.1) is 0 Å². The van der Waals surface area contributed by atoms with Crippen molar-refractivity contribution >= 4 is 11.3 Å². The van der Waals surface area contributed by atoms with E-state index in [9.17, 15) is 0 Å². The van der Waals surface area contributed by atoms with Gasteiger partial charge in [-0.15, -0.1) is 11.3 Å². The molecule has 108 valence electrons. The highest BCUT2D eigenvalue weighted by atomic mass is 32.1. The summed E-state index contributed by atoms with van der Waals surface area (Å²) in [5, 5.41) is 6.68. The Morgan fingerprint density at radius 3 is 2.70 bits per heavy atom. The number of hydrogen-bond donors (Lipinski definition) is 1. The fourth-order valence-electron chi connectivity index (χ4n) is 1.92. The van der Waals surface area contributed by atoms with Crippen molar-refractivity contribution in [2.75, 3.05) is 14.2 Å². The van der Waals surface area contributed by atoms with Gasteiger partial charge in [-0.2, -0.15) is 0 Å². The molecule has 0 saturated heterocycles. The summed E-state index contributed by atoms with van der Waals surface area (Å²) in [6.45, 7) is 3.64. The number of methoxy groups -OCH3 is 2. The number of benzene rings is 1. The maximum absolute atomic E-state index is 5.38. The second-order valence-corrected chi connectivity index (χ2v) is 5.31. The Labute approximate surface area is 123 Å². The molecule has 0 aliphatic rings. The van der Waals surface area contributed by atoms with Crippen molar-refractivity contribution < 1.29 is 9.47 Å². The second-order valence-electron chi connectivity index (χ2n) is 4.37. The van der Waals surface area contributed by atoms with Crippen molar-refractivity contribution in [3.05, 3.63) is 39.8 Å². The monoisotopic (exact) mass is 292 g/mol. The topological polar surface area (TPSA) is 43.4 Å². The lowest BCUT2D eigenvalue weighted by Crippen LogP contribution is -2.13. The van der Waals surface area contributed by atoms with Gasteiger partial charge >= 0.3 is 0 Å². The van der Waals surface area contributed by atoms with Gasteiger partial charge in [-0.1, -0.05) is 13.0 Å². The van der Waals surface area contributed by atoms with Crippen molar-refractivity contribution in [1.82, 2.24) is 10.3 Å². The van der Waals surface area contributed by atoms with E-state index in [1.165, 1.54) is 5.01 Å². The van der Waals surface area contributed by atoms with Gasteiger partial charge in [-0.25, -0.2) is 4.98 Å². The van der Waals surface area contributed by atoms with E-state index in [-0.39, 0.29) is 0 Å². The molecular weight excluding hydrogens is 272 g/mol. The van der Waals surface area contributed by atoms with Crippen LogP contribution in [-0.2, 0) is 19.5 Å². The molecule has 0 spiro atoms. The Morgan fingerprint density at radius 2 is 2.05 bits per heavy atom. The molecule has 0 fully saturated rings. The minimum absolute atomic E-state index is 0.742. The quantitative estimate of drug-likeness (QED) is 0.852. The van der Waals surface area contributed by atoms with E-state index >= 15 is 0 Å². The largest absolute Gasteiger partial charge is 0.497 e. The first kappa shape index (κ1) is 14.8. The van der Waals surface area contributed by atoms with Gasteiger partial charge in [0.05, 0.1) is 24.9 Å². The molecule has 0 saturated carbocycles. The van der Waals surface area contributed by atoms with Gasteiger partial charge in [0.25, 0.3) is 0 Å². The molecule has 2 rings (SSSR count). The number of hydrogen-bond acceptors (Lipinski definition) is 5. The SMILES string of the molecule is CCc1nc(CNCc2ccc(OC)cc2OC)cs1. The standard InChI is InChI=1S/C15H20N2O2S/c1-4-15-17-12(10-20-15)9-16-8-11-5-6-13(18-2)7-14(11)19-3/h5-7,10,16H,4,8-9H2,1-3H3. The van der Waals surface area contributed by atoms with Gasteiger partial charge < -0.3 is 14.8 Å². The average molecular weight is 292 g/mol. The maximum Gasteiger partial charge on any atom is 0.127 e. The fraction of sp³-hybridized carbons (Fsp3) is 0.400. The highest BCUT2D eigenvalue weighted by Crippen LogP contribution is 2.24. The number of thiazole rings is 1. The number of rotatable bonds is 7. The Bertz CT molecular complexity index is 555. The molecule has 1 aromatic carbocycles. The molecule has 5 heteroatoms. The summed E-state index contributed by atoms with van der Waals surface area (Å²) in [6, 6.07) is 5.86. The normalized spacial score (nSPS) is 10.6. The Hall–Kier alpha value is -1.59. The van der Waals surface area contributed by atoms with E-state index in [1.54, 1.807) is 25.6 Å². The van der Waals surface area contributed by atoms with Crippen LogP contribution in [0.4, 0.5) is 0 Å². The van der Waals surface area contributed by atoms with Crippen LogP contribution < -0.4 is 14.8 Å². The van der Waals surface area contributed by atoms with Crippen LogP contribution in [0.25, 0.3) is 0 Å². The molecule has 2 aromatic rings. The summed E-state index contributed by atoms with van der Waals surface area (Å²) in [5.41, 5.74) is 2.21. The number of nitrogens with one attached hydrogen (secondary N) is 1. The van der Waals surface area contributed by atoms with Crippen LogP contribution in [0.5, 0.6) is 11.5 Å². The highest BCUT2D eigenvalue weighted by molar-refractivity contribution is 7.09. The van der Waals surface area contributed by atoms with Gasteiger partial charge in [0.2, 0.25) is 0 Å². The molecule has 1 aromatic heterocycles. The van der Waals surface area contributed by atoms with Gasteiger partial charge in [-0.3, -0.25) is 0 Å². The Kier molecular flexibility index (Phi) is 5.38. The lowest BCUT2D eigenvalue weighted by Gasteiger charge is -2.10. The summed E-state index contributed by atoms with van der Waals surface area (Å²) < 4.78 is 10.6. The zero-order chi connectivity index (χ0) is 14.4. The summed E-state index contributed by atoms with van der Waals surface area (Å²) >= 11 is 1.72. The molecule has 0 aliphatic heterocycles. The zero-order valence-corrected chi connectivity index (χ0v) is 12.9. The van der Waals surface area contributed by atoms with E-state index in [4.69, 9.17) is 9.47 Å². The summed E-state index contributed by atoms with van der Waals surface area (Å²) in [4.78, 5) is 4.53. The van der Waals surface area contributed by atoms with E-state index in [0.717, 1.165) is 42.3 Å². The minimum atomic E-state index is 0.742. The molecule has 0 amide bonds. The first-order valence-corrected chi connectivity index (χ1v) is 7.49. The van der Waals surface area contributed by atoms with Crippen molar-refractivity contribution in [3.8, 4) is 11.5 Å². The Balaban J connectivity index is 1.93. The third kappa shape index (κ3) is 3.71. The molecule has 4 nitrogen and oxygen atoms in total. The molecule has 0 aliphatic carbocycles. The molecule has 0 bridgehead atoms. The van der Waals surface area contributed by atoms with Crippen LogP contribution in [0.3, 0.4) is 0 Å². The number of aromatic nitrogens is 1. The summed E-state index contributed by atoms with van der Waals surface area (Å²) in [5.74, 6) is 1.64. The molecule has 0 radical (unpaired) electrons. The van der Waals surface area contributed by atoms with Crippen LogP contribution >= 0.6 is 11.3 Å². The molecule has 1 heterocycles. The molecule has 1 N–H and O–H groups in total. The third-order valence-electron chi connectivity index (χ3n) is 3.02. The smallest absolute Gasteiger partial charge is 0.127 e. The maximum atomic E-state index is 5.38. The molecule has 0 unspecified atom stereocenters. The van der Waals surface area contributed by atoms with E-state index in [0.29, 0.717) is 0 Å². The summed E-state index contributed by atoms with van der Waals surface area (Å²) in [6.07, 6.45) is 0.997. The highest BCUT2D eigenvalue weighted by Gasteiger charge is 2.05. The first-order valence-electron chi connectivity index (χ1n) is 6.61. The van der Waals surface area contributed by atoms with Crippen molar-refractivity contribution in [2.45, 2.75) is 26.4 Å². The molecule has 20 heavy (non-hydrogen) atoms. The number of nitrogens with zero attached hydrogens (tertiary/aromatic N) is 1. The van der Waals surface area contributed by atoms with Crippen LogP contribution in [0.2, 0.25) is 0 Å². The van der Waals surface area contributed by atoms with Gasteiger partial charge in [0, 0.05) is 30.1 Å². The lowest BCUT2D eigenvalue weighted by molar-refractivity contribution is 0.389. The average Bonchev–Trinajstić information content (AvgIpc) is 2.95. The predicted octanol–water partition coefficient (Wildman–Crippen LogP) is 3.01. The summed E-state index contributed by atoms with van der Waals surface area (Å²) in [7, 11) is 3.33. The second kappa shape index (κ2) is 7.26. The van der Waals surface area contributed by atoms with Gasteiger partial charge in [0.15, 0.2) is 0 Å². The van der Waals surface area contributed by atoms with E-state index < -0.39 is 0 Å². The predicted molar refractivity (Wildman–Crippen MR) is 81.6 cm³/mol. The van der Waals surface area contributed by atoms with E-state index in [2.05, 4.69) is 22.6 Å². The lowest BCUT2D eigenvalue weighted by atomic mass is 10.2. The number of aryl methyl sites for hydroxylation is 1. The van der Waals surface area contributed by atoms with Crippen molar-refractivity contribution in [2.24, 2.45) is 0 Å². The minimum Gasteiger partial charge on any atom is -0.497 e. The molecule has 0 atom stereocenters. The van der Waals surface area contributed by atoms with Crippen molar-refractivity contribution in [3.63, 3.8) is 0 Å². The fourth-order valence-corrected chi connectivity index (χ4v) is 2.66. The Morgan fingerprint density at radius 1 is 1.20 bits per heavy atom. The third-order valence-corrected chi connectivity index (χ3v) is 4.06. The molecular formula is C15H20N2O2S.